The average molecular weight is 833 g/mol. The molecule has 0 aliphatic heterocycles. The number of rotatable bonds is 10. The summed E-state index contributed by atoms with van der Waals surface area (Å²) >= 11 is 0. The summed E-state index contributed by atoms with van der Waals surface area (Å²) in [5.41, 5.74) is 16.4. The van der Waals surface area contributed by atoms with Gasteiger partial charge in [0.15, 0.2) is 0 Å². The highest BCUT2D eigenvalue weighted by Crippen LogP contribution is 2.41. The summed E-state index contributed by atoms with van der Waals surface area (Å²) in [7, 11) is 0. The summed E-state index contributed by atoms with van der Waals surface area (Å²) in [5, 5.41) is 5.04. The second kappa shape index (κ2) is 17.5. The summed E-state index contributed by atoms with van der Waals surface area (Å²) in [6.07, 6.45) is 7.99. The van der Waals surface area contributed by atoms with Crippen molar-refractivity contribution in [1.29, 1.82) is 0 Å². The molecule has 0 N–H and O–H groups in total. The van der Waals surface area contributed by atoms with Crippen molar-refractivity contribution < 1.29 is 0 Å². The first-order valence-corrected chi connectivity index (χ1v) is 22.6. The first-order valence-electron chi connectivity index (χ1n) is 22.6. The van der Waals surface area contributed by atoms with E-state index in [9.17, 15) is 0 Å². The van der Waals surface area contributed by atoms with Gasteiger partial charge in [-0.05, 0) is 145 Å². The second-order valence-corrected chi connectivity index (χ2v) is 17.0. The van der Waals surface area contributed by atoms with Crippen molar-refractivity contribution in [2.45, 2.75) is 13.3 Å². The standard InChI is InChI=1S/C63H48N2/c1-45-25-35-53(36-26-45)65(57-43-33-51(34-44-57)63-24-12-16-47-14-6-8-20-59(47)63)56-41-29-49(30-42-56)61-22-10-9-21-60(61)48-27-37-54(38-28-48)64(52-17-3-2-4-18-52)55-39-31-50(32-40-55)62-23-11-15-46-13-5-7-19-58(46)62/h2-25,27-45H,26H2,1H3. The minimum absolute atomic E-state index is 0.525. The lowest BCUT2D eigenvalue weighted by molar-refractivity contribution is 0.728. The fraction of sp³-hybridized carbons (Fsp3) is 0.0476. The molecule has 0 saturated carbocycles. The lowest BCUT2D eigenvalue weighted by Crippen LogP contribution is -2.17. The number of anilines is 5. The minimum atomic E-state index is 0.525. The second-order valence-electron chi connectivity index (χ2n) is 17.0. The highest BCUT2D eigenvalue weighted by atomic mass is 15.1. The molecule has 10 aromatic rings. The van der Waals surface area contributed by atoms with E-state index in [-0.39, 0.29) is 0 Å². The summed E-state index contributed by atoms with van der Waals surface area (Å²) in [4.78, 5) is 4.72. The number of hydrogen-bond acceptors (Lipinski definition) is 2. The minimum Gasteiger partial charge on any atom is -0.311 e. The van der Waals surface area contributed by atoms with E-state index in [2.05, 4.69) is 272 Å². The number of fused-ring (bicyclic) bond motifs is 2. The van der Waals surface area contributed by atoms with E-state index in [1.54, 1.807) is 0 Å². The number of benzene rings is 10. The van der Waals surface area contributed by atoms with Gasteiger partial charge in [-0.25, -0.2) is 0 Å². The molecule has 0 aromatic heterocycles. The van der Waals surface area contributed by atoms with Crippen LogP contribution in [0.1, 0.15) is 13.3 Å². The highest BCUT2D eigenvalue weighted by molar-refractivity contribution is 5.98. The molecule has 0 radical (unpaired) electrons. The Bertz CT molecular complexity index is 3320. The molecule has 1 unspecified atom stereocenters. The molecule has 11 rings (SSSR count). The molecule has 0 bridgehead atoms. The number of para-hydroxylation sites is 1. The Morgan fingerprint density at radius 2 is 0.677 bits per heavy atom. The van der Waals surface area contributed by atoms with Gasteiger partial charge < -0.3 is 9.80 Å². The highest BCUT2D eigenvalue weighted by Gasteiger charge is 2.18. The Morgan fingerprint density at radius 1 is 0.323 bits per heavy atom. The summed E-state index contributed by atoms with van der Waals surface area (Å²) < 4.78 is 0. The molecule has 10 aromatic carbocycles. The molecule has 1 aliphatic rings. The maximum absolute atomic E-state index is 2.39. The van der Waals surface area contributed by atoms with E-state index in [4.69, 9.17) is 0 Å². The van der Waals surface area contributed by atoms with Gasteiger partial charge in [-0.1, -0.05) is 195 Å². The molecule has 0 fully saturated rings. The predicted molar refractivity (Wildman–Crippen MR) is 277 cm³/mol. The van der Waals surface area contributed by atoms with Crippen molar-refractivity contribution in [2.75, 3.05) is 9.80 Å². The van der Waals surface area contributed by atoms with E-state index >= 15 is 0 Å². The van der Waals surface area contributed by atoms with Crippen LogP contribution in [0.15, 0.2) is 261 Å². The Hall–Kier alpha value is -8.20. The first kappa shape index (κ1) is 39.6. The largest absolute Gasteiger partial charge is 0.311 e. The molecule has 65 heavy (non-hydrogen) atoms. The third-order valence-electron chi connectivity index (χ3n) is 12.8. The molecule has 0 saturated heterocycles. The van der Waals surface area contributed by atoms with Crippen LogP contribution in [-0.4, -0.2) is 0 Å². The van der Waals surface area contributed by atoms with Crippen molar-refractivity contribution in [1.82, 2.24) is 0 Å². The maximum atomic E-state index is 2.39. The summed E-state index contributed by atoms with van der Waals surface area (Å²) in [6.45, 7) is 2.28. The van der Waals surface area contributed by atoms with Gasteiger partial charge in [0.25, 0.3) is 0 Å². The van der Waals surface area contributed by atoms with Crippen molar-refractivity contribution in [2.24, 2.45) is 5.92 Å². The van der Waals surface area contributed by atoms with Crippen molar-refractivity contribution in [3.8, 4) is 44.5 Å². The predicted octanol–water partition coefficient (Wildman–Crippen LogP) is 17.7. The van der Waals surface area contributed by atoms with Crippen LogP contribution in [0.3, 0.4) is 0 Å². The van der Waals surface area contributed by atoms with Gasteiger partial charge in [0, 0.05) is 34.1 Å². The van der Waals surface area contributed by atoms with Gasteiger partial charge in [0.1, 0.15) is 0 Å². The van der Waals surface area contributed by atoms with Crippen molar-refractivity contribution >= 4 is 50.0 Å². The number of nitrogens with zero attached hydrogens (tertiary/aromatic N) is 2. The Labute approximate surface area is 382 Å². The Morgan fingerprint density at radius 3 is 1.12 bits per heavy atom. The Kier molecular flexibility index (Phi) is 10.7. The van der Waals surface area contributed by atoms with Crippen molar-refractivity contribution in [3.63, 3.8) is 0 Å². The van der Waals surface area contributed by atoms with Crippen LogP contribution in [0.25, 0.3) is 66.1 Å². The van der Waals surface area contributed by atoms with Gasteiger partial charge in [0.05, 0.1) is 0 Å². The zero-order chi connectivity index (χ0) is 43.5. The zero-order valence-electron chi connectivity index (χ0n) is 36.4. The van der Waals surface area contributed by atoms with E-state index in [0.29, 0.717) is 5.92 Å². The topological polar surface area (TPSA) is 6.48 Å². The number of hydrogen-bond donors (Lipinski definition) is 0. The zero-order valence-corrected chi connectivity index (χ0v) is 36.4. The monoisotopic (exact) mass is 832 g/mol. The molecular weight excluding hydrogens is 785 g/mol. The van der Waals surface area contributed by atoms with Gasteiger partial charge in [-0.2, -0.15) is 0 Å². The lowest BCUT2D eigenvalue weighted by Gasteiger charge is -2.29. The van der Waals surface area contributed by atoms with Crippen LogP contribution >= 0.6 is 0 Å². The van der Waals surface area contributed by atoms with E-state index < -0.39 is 0 Å². The molecule has 2 heteroatoms. The average Bonchev–Trinajstić information content (AvgIpc) is 3.38. The molecule has 2 nitrogen and oxygen atoms in total. The van der Waals surface area contributed by atoms with Crippen LogP contribution in [0, 0.1) is 5.92 Å². The smallest absolute Gasteiger partial charge is 0.0462 e. The lowest BCUT2D eigenvalue weighted by atomic mass is 9.94. The Balaban J connectivity index is 0.892. The summed E-state index contributed by atoms with van der Waals surface area (Å²) in [5.74, 6) is 0.525. The molecular formula is C63H48N2. The fourth-order valence-electron chi connectivity index (χ4n) is 9.45. The van der Waals surface area contributed by atoms with Gasteiger partial charge in [0.2, 0.25) is 0 Å². The molecule has 1 atom stereocenters. The van der Waals surface area contributed by atoms with Gasteiger partial charge in [-0.15, -0.1) is 0 Å². The molecule has 0 heterocycles. The van der Waals surface area contributed by atoms with E-state index in [0.717, 1.165) is 34.9 Å². The third-order valence-corrected chi connectivity index (χ3v) is 12.8. The van der Waals surface area contributed by atoms with Gasteiger partial charge in [-0.3, -0.25) is 0 Å². The van der Waals surface area contributed by atoms with Crippen LogP contribution in [-0.2, 0) is 0 Å². The van der Waals surface area contributed by atoms with Crippen LogP contribution in [0.5, 0.6) is 0 Å². The SMILES string of the molecule is CC1C=CC(N(c2ccc(-c3ccccc3-c3ccc(N(c4ccccc4)c4ccc(-c5cccc6ccccc56)cc4)cc3)cc2)c2ccc(-c3cccc4ccccc34)cc2)=CC1. The molecule has 0 amide bonds. The molecule has 310 valence electrons. The van der Waals surface area contributed by atoms with E-state index in [1.807, 2.05) is 0 Å². The van der Waals surface area contributed by atoms with Crippen LogP contribution in [0.2, 0.25) is 0 Å². The van der Waals surface area contributed by atoms with Gasteiger partial charge >= 0.3 is 0 Å². The summed E-state index contributed by atoms with van der Waals surface area (Å²) in [6, 6.07) is 85.8. The van der Waals surface area contributed by atoms with E-state index in [1.165, 1.54) is 71.7 Å². The normalized spacial score (nSPS) is 13.4. The number of allylic oxidation sites excluding steroid dienone is 3. The van der Waals surface area contributed by atoms with Crippen molar-refractivity contribution in [3.05, 3.63) is 261 Å². The fourth-order valence-corrected chi connectivity index (χ4v) is 9.45. The van der Waals surface area contributed by atoms with Crippen LogP contribution in [0.4, 0.5) is 28.4 Å². The third kappa shape index (κ3) is 7.92. The molecule has 1 aliphatic carbocycles. The maximum Gasteiger partial charge on any atom is 0.0462 e. The first-order chi connectivity index (χ1) is 32.1. The van der Waals surface area contributed by atoms with Crippen LogP contribution < -0.4 is 9.80 Å². The molecule has 0 spiro atoms. The quantitative estimate of drug-likeness (QED) is 0.135.